The molecule has 1 heterocycles. The lowest BCUT2D eigenvalue weighted by Crippen LogP contribution is -2.19. The molecule has 72 valence electrons. The molecule has 12 heavy (non-hydrogen) atoms. The van der Waals surface area contributed by atoms with Crippen molar-refractivity contribution in [2.75, 3.05) is 19.8 Å². The van der Waals surface area contributed by atoms with Crippen LogP contribution >= 0.6 is 0 Å². The molecule has 0 aromatic rings. The smallest absolute Gasteiger partial charge is 0.104 e. The Labute approximate surface area is 74.2 Å². The first-order valence-corrected chi connectivity index (χ1v) is 4.78. The van der Waals surface area contributed by atoms with Crippen molar-refractivity contribution < 1.29 is 9.47 Å². The maximum Gasteiger partial charge on any atom is 0.104 e. The van der Waals surface area contributed by atoms with Gasteiger partial charge in [0.05, 0.1) is 13.2 Å². The molecule has 1 rings (SSSR count). The molecule has 0 amide bonds. The van der Waals surface area contributed by atoms with Gasteiger partial charge in [-0.1, -0.05) is 6.92 Å². The van der Waals surface area contributed by atoms with E-state index in [1.54, 1.807) is 0 Å². The van der Waals surface area contributed by atoms with Crippen molar-refractivity contribution in [2.45, 2.75) is 38.3 Å². The maximum atomic E-state index is 5.75. The van der Waals surface area contributed by atoms with E-state index in [0.717, 1.165) is 39.1 Å². The van der Waals surface area contributed by atoms with Gasteiger partial charge in [-0.05, 0) is 19.3 Å². The molecule has 0 aliphatic carbocycles. The third kappa shape index (κ3) is 4.70. The molecule has 3 nitrogen and oxygen atoms in total. The summed E-state index contributed by atoms with van der Waals surface area (Å²) in [6.07, 6.45) is 3.60. The Morgan fingerprint density at radius 2 is 2.42 bits per heavy atom. The Balaban J connectivity index is 1.75. The van der Waals surface area contributed by atoms with Gasteiger partial charge in [-0.2, -0.15) is 0 Å². The summed E-state index contributed by atoms with van der Waals surface area (Å²) in [5.41, 5.74) is 5.75. The van der Waals surface area contributed by atoms with Gasteiger partial charge in [0.2, 0.25) is 0 Å². The Hall–Kier alpha value is -0.120. The van der Waals surface area contributed by atoms with Crippen LogP contribution in [0, 0.1) is 0 Å². The molecular weight excluding hydrogens is 154 g/mol. The molecule has 0 aromatic heterocycles. The standard InChI is InChI=1S/C9H19NO2/c1-2-8(10)4-3-5-11-6-9-7-12-9/h8-9H,2-7,10H2,1H3. The van der Waals surface area contributed by atoms with Gasteiger partial charge in [0.15, 0.2) is 0 Å². The monoisotopic (exact) mass is 173 g/mol. The van der Waals surface area contributed by atoms with E-state index in [1.165, 1.54) is 0 Å². The van der Waals surface area contributed by atoms with E-state index in [4.69, 9.17) is 15.2 Å². The van der Waals surface area contributed by atoms with Gasteiger partial charge < -0.3 is 15.2 Å². The van der Waals surface area contributed by atoms with Crippen LogP contribution in [0.15, 0.2) is 0 Å². The lowest BCUT2D eigenvalue weighted by atomic mass is 10.1. The quantitative estimate of drug-likeness (QED) is 0.460. The highest BCUT2D eigenvalue weighted by Crippen LogP contribution is 2.08. The third-order valence-electron chi connectivity index (χ3n) is 2.09. The number of ether oxygens (including phenoxy) is 2. The minimum absolute atomic E-state index is 0.353. The summed E-state index contributed by atoms with van der Waals surface area (Å²) < 4.78 is 10.4. The molecule has 1 aliphatic rings. The Morgan fingerprint density at radius 3 is 3.00 bits per heavy atom. The van der Waals surface area contributed by atoms with E-state index in [-0.39, 0.29) is 0 Å². The minimum Gasteiger partial charge on any atom is -0.379 e. The summed E-state index contributed by atoms with van der Waals surface area (Å²) >= 11 is 0. The van der Waals surface area contributed by atoms with E-state index >= 15 is 0 Å². The highest BCUT2D eigenvalue weighted by Gasteiger charge is 2.21. The first kappa shape index (κ1) is 9.96. The average molecular weight is 173 g/mol. The molecule has 0 bridgehead atoms. The average Bonchev–Trinajstić information content (AvgIpc) is 2.87. The summed E-state index contributed by atoms with van der Waals surface area (Å²) in [6.45, 7) is 4.59. The first-order valence-electron chi connectivity index (χ1n) is 4.78. The van der Waals surface area contributed by atoms with Crippen molar-refractivity contribution in [1.82, 2.24) is 0 Å². The number of hydrogen-bond acceptors (Lipinski definition) is 3. The zero-order valence-corrected chi connectivity index (χ0v) is 7.79. The van der Waals surface area contributed by atoms with E-state index in [9.17, 15) is 0 Å². The normalized spacial score (nSPS) is 24.0. The van der Waals surface area contributed by atoms with Crippen LogP contribution in [-0.2, 0) is 9.47 Å². The highest BCUT2D eigenvalue weighted by atomic mass is 16.6. The fraction of sp³-hybridized carbons (Fsp3) is 1.00. The van der Waals surface area contributed by atoms with Crippen LogP contribution in [0.4, 0.5) is 0 Å². The zero-order valence-electron chi connectivity index (χ0n) is 7.79. The molecule has 1 aliphatic heterocycles. The van der Waals surface area contributed by atoms with Crippen LogP contribution in [0.3, 0.4) is 0 Å². The van der Waals surface area contributed by atoms with Gasteiger partial charge in [0, 0.05) is 12.6 Å². The lowest BCUT2D eigenvalue weighted by molar-refractivity contribution is 0.112. The fourth-order valence-electron chi connectivity index (χ4n) is 1.03. The summed E-state index contributed by atoms with van der Waals surface area (Å²) in [4.78, 5) is 0. The Bertz CT molecular complexity index is 115. The molecule has 0 spiro atoms. The van der Waals surface area contributed by atoms with Crippen molar-refractivity contribution in [3.05, 3.63) is 0 Å². The Kier molecular flexibility index (Phi) is 4.58. The predicted molar refractivity (Wildman–Crippen MR) is 48.1 cm³/mol. The highest BCUT2D eigenvalue weighted by molar-refractivity contribution is 4.67. The topological polar surface area (TPSA) is 47.8 Å². The van der Waals surface area contributed by atoms with Gasteiger partial charge in [-0.3, -0.25) is 0 Å². The van der Waals surface area contributed by atoms with Crippen molar-refractivity contribution in [2.24, 2.45) is 5.73 Å². The van der Waals surface area contributed by atoms with E-state index in [0.29, 0.717) is 12.1 Å². The van der Waals surface area contributed by atoms with Crippen molar-refractivity contribution >= 4 is 0 Å². The second-order valence-corrected chi connectivity index (χ2v) is 3.34. The van der Waals surface area contributed by atoms with Crippen molar-refractivity contribution in [3.8, 4) is 0 Å². The third-order valence-corrected chi connectivity index (χ3v) is 2.09. The van der Waals surface area contributed by atoms with E-state index < -0.39 is 0 Å². The molecule has 3 heteroatoms. The largest absolute Gasteiger partial charge is 0.379 e. The SMILES string of the molecule is CCC(N)CCCOCC1CO1. The first-order chi connectivity index (χ1) is 5.83. The van der Waals surface area contributed by atoms with Crippen LogP contribution < -0.4 is 5.73 Å². The summed E-state index contributed by atoms with van der Waals surface area (Å²) in [5, 5.41) is 0. The predicted octanol–water partition coefficient (Wildman–Crippen LogP) is 0.919. The number of rotatable bonds is 7. The van der Waals surface area contributed by atoms with E-state index in [1.807, 2.05) is 0 Å². The minimum atomic E-state index is 0.353. The van der Waals surface area contributed by atoms with Gasteiger partial charge in [0.25, 0.3) is 0 Å². The molecule has 1 fully saturated rings. The van der Waals surface area contributed by atoms with Gasteiger partial charge >= 0.3 is 0 Å². The number of epoxide rings is 1. The fourth-order valence-corrected chi connectivity index (χ4v) is 1.03. The molecule has 0 saturated carbocycles. The summed E-state index contributed by atoms with van der Waals surface area (Å²) in [6, 6.07) is 0.353. The Morgan fingerprint density at radius 1 is 1.67 bits per heavy atom. The molecule has 0 radical (unpaired) electrons. The summed E-state index contributed by atoms with van der Waals surface area (Å²) in [7, 11) is 0. The second-order valence-electron chi connectivity index (χ2n) is 3.34. The molecule has 2 N–H and O–H groups in total. The molecule has 0 aromatic carbocycles. The van der Waals surface area contributed by atoms with Crippen LogP contribution in [0.2, 0.25) is 0 Å². The van der Waals surface area contributed by atoms with Gasteiger partial charge in [-0.25, -0.2) is 0 Å². The summed E-state index contributed by atoms with van der Waals surface area (Å²) in [5.74, 6) is 0. The van der Waals surface area contributed by atoms with Crippen LogP contribution in [-0.4, -0.2) is 32.0 Å². The van der Waals surface area contributed by atoms with Crippen molar-refractivity contribution in [1.29, 1.82) is 0 Å². The van der Waals surface area contributed by atoms with Crippen LogP contribution in [0.5, 0.6) is 0 Å². The number of hydrogen-bond donors (Lipinski definition) is 1. The van der Waals surface area contributed by atoms with E-state index in [2.05, 4.69) is 6.92 Å². The maximum absolute atomic E-state index is 5.75. The molecule has 2 atom stereocenters. The zero-order chi connectivity index (χ0) is 8.81. The van der Waals surface area contributed by atoms with Crippen LogP contribution in [0.25, 0.3) is 0 Å². The van der Waals surface area contributed by atoms with Gasteiger partial charge in [-0.15, -0.1) is 0 Å². The lowest BCUT2D eigenvalue weighted by Gasteiger charge is -2.07. The van der Waals surface area contributed by atoms with Crippen LogP contribution in [0.1, 0.15) is 26.2 Å². The van der Waals surface area contributed by atoms with Crippen molar-refractivity contribution in [3.63, 3.8) is 0 Å². The second kappa shape index (κ2) is 5.51. The molecule has 1 saturated heterocycles. The van der Waals surface area contributed by atoms with Gasteiger partial charge in [0.1, 0.15) is 6.10 Å². The molecular formula is C9H19NO2. The number of nitrogens with two attached hydrogens (primary N) is 1. The molecule has 2 unspecified atom stereocenters.